The average Bonchev–Trinajstić information content (AvgIpc) is 3.07. The second kappa shape index (κ2) is 6.82. The first-order chi connectivity index (χ1) is 12.6. The van der Waals surface area contributed by atoms with Gasteiger partial charge in [0.2, 0.25) is 5.91 Å². The van der Waals surface area contributed by atoms with Gasteiger partial charge < -0.3 is 5.32 Å². The summed E-state index contributed by atoms with van der Waals surface area (Å²) in [6, 6.07) is 14.1. The molecule has 0 unspecified atom stereocenters. The fourth-order valence-corrected chi connectivity index (χ4v) is 3.94. The molecular weight excluding hydrogens is 366 g/mol. The van der Waals surface area contributed by atoms with E-state index in [1.54, 1.807) is 16.4 Å². The zero-order valence-corrected chi connectivity index (χ0v) is 16.1. The molecule has 0 radical (unpaired) electrons. The van der Waals surface area contributed by atoms with Crippen LogP contribution in [0.4, 0.5) is 5.82 Å². The number of carbonyl (C=O) groups is 1. The van der Waals surface area contributed by atoms with Crippen molar-refractivity contribution in [2.45, 2.75) is 24.2 Å². The summed E-state index contributed by atoms with van der Waals surface area (Å²) < 4.78 is 1.77. The fraction of sp³-hybridized carbons (Fsp3) is 0.200. The Bertz CT molecular complexity index is 981. The quantitative estimate of drug-likeness (QED) is 0.645. The lowest BCUT2D eigenvalue weighted by molar-refractivity contribution is -0.116. The second-order valence-corrected chi connectivity index (χ2v) is 7.61. The number of halogens is 1. The molecule has 2 heterocycles. The monoisotopic (exact) mass is 383 g/mol. The number of nitrogens with zero attached hydrogens (tertiary/aromatic N) is 2. The average molecular weight is 384 g/mol. The zero-order chi connectivity index (χ0) is 18.3. The number of benzene rings is 2. The van der Waals surface area contributed by atoms with Crippen LogP contribution in [0.3, 0.4) is 0 Å². The lowest BCUT2D eigenvalue weighted by Crippen LogP contribution is -2.24. The van der Waals surface area contributed by atoms with Gasteiger partial charge in [-0.1, -0.05) is 29.8 Å². The minimum Gasteiger partial charge on any atom is -0.310 e. The Balaban J connectivity index is 1.81. The molecule has 6 heteroatoms. The van der Waals surface area contributed by atoms with Gasteiger partial charge in [-0.3, -0.25) is 4.79 Å². The fourth-order valence-electron chi connectivity index (χ4n) is 3.36. The standard InChI is InChI=1S/C20H18ClN3OS/c1-12-17(21)4-3-5-18(12)24-20-16(11-22-24)15(10-19(25)23-20)13-6-8-14(26-2)9-7-13/h3-9,11,15H,10H2,1-2H3,(H,23,25)/t15-/m0/s1. The van der Waals surface area contributed by atoms with Crippen LogP contribution in [0.2, 0.25) is 5.02 Å². The third-order valence-corrected chi connectivity index (χ3v) is 5.96. The molecule has 0 saturated heterocycles. The van der Waals surface area contributed by atoms with Crippen molar-refractivity contribution in [3.8, 4) is 5.69 Å². The summed E-state index contributed by atoms with van der Waals surface area (Å²) in [6.07, 6.45) is 4.33. The maximum Gasteiger partial charge on any atom is 0.226 e. The van der Waals surface area contributed by atoms with Gasteiger partial charge in [0.1, 0.15) is 5.82 Å². The zero-order valence-electron chi connectivity index (χ0n) is 14.5. The van der Waals surface area contributed by atoms with Gasteiger partial charge in [0.25, 0.3) is 0 Å². The minimum absolute atomic E-state index is 0.00197. The van der Waals surface area contributed by atoms with E-state index in [2.05, 4.69) is 40.9 Å². The number of rotatable bonds is 3. The Morgan fingerprint density at radius 2 is 2.00 bits per heavy atom. The minimum atomic E-state index is -0.00197. The van der Waals surface area contributed by atoms with Crippen molar-refractivity contribution in [2.75, 3.05) is 11.6 Å². The Kier molecular flexibility index (Phi) is 4.51. The maximum absolute atomic E-state index is 12.4. The van der Waals surface area contributed by atoms with Crippen LogP contribution in [0.1, 0.15) is 29.0 Å². The van der Waals surface area contributed by atoms with Crippen LogP contribution < -0.4 is 5.32 Å². The van der Waals surface area contributed by atoms with Gasteiger partial charge in [-0.25, -0.2) is 4.68 Å². The molecule has 1 aliphatic heterocycles. The lowest BCUT2D eigenvalue weighted by Gasteiger charge is -2.24. The van der Waals surface area contributed by atoms with Crippen molar-refractivity contribution in [2.24, 2.45) is 0 Å². The molecule has 1 aliphatic rings. The third-order valence-electron chi connectivity index (χ3n) is 4.81. The number of amides is 1. The highest BCUT2D eigenvalue weighted by Gasteiger charge is 2.30. The smallest absolute Gasteiger partial charge is 0.226 e. The topological polar surface area (TPSA) is 46.9 Å². The van der Waals surface area contributed by atoms with Crippen molar-refractivity contribution in [3.63, 3.8) is 0 Å². The van der Waals surface area contributed by atoms with E-state index >= 15 is 0 Å². The highest BCUT2D eigenvalue weighted by Crippen LogP contribution is 2.39. The number of aromatic nitrogens is 2. The molecule has 0 saturated carbocycles. The molecule has 1 amide bonds. The molecule has 26 heavy (non-hydrogen) atoms. The number of anilines is 1. The number of hydrogen-bond donors (Lipinski definition) is 1. The SMILES string of the molecule is CSc1ccc([C@@H]2CC(=O)Nc3c2cnn3-c2cccc(Cl)c2C)cc1. The van der Waals surface area contributed by atoms with E-state index in [1.165, 1.54) is 4.90 Å². The van der Waals surface area contributed by atoms with Gasteiger partial charge in [0.05, 0.1) is 11.9 Å². The van der Waals surface area contributed by atoms with E-state index < -0.39 is 0 Å². The van der Waals surface area contributed by atoms with Crippen LogP contribution in [0.25, 0.3) is 5.69 Å². The van der Waals surface area contributed by atoms with Crippen molar-refractivity contribution in [3.05, 3.63) is 70.4 Å². The van der Waals surface area contributed by atoms with E-state index in [9.17, 15) is 4.79 Å². The summed E-state index contributed by atoms with van der Waals surface area (Å²) in [5.74, 6) is 0.728. The van der Waals surface area contributed by atoms with Crippen molar-refractivity contribution in [1.29, 1.82) is 0 Å². The molecule has 1 N–H and O–H groups in total. The van der Waals surface area contributed by atoms with Crippen LogP contribution in [-0.4, -0.2) is 21.9 Å². The van der Waals surface area contributed by atoms with Crippen LogP contribution >= 0.6 is 23.4 Å². The Hall–Kier alpha value is -2.24. The van der Waals surface area contributed by atoms with Gasteiger partial charge >= 0.3 is 0 Å². The van der Waals surface area contributed by atoms with Crippen LogP contribution in [0, 0.1) is 6.92 Å². The summed E-state index contributed by atoms with van der Waals surface area (Å²) in [4.78, 5) is 13.6. The number of hydrogen-bond acceptors (Lipinski definition) is 3. The van der Waals surface area contributed by atoms with Gasteiger partial charge in [-0.2, -0.15) is 5.10 Å². The largest absolute Gasteiger partial charge is 0.310 e. The predicted molar refractivity (Wildman–Crippen MR) is 107 cm³/mol. The molecule has 0 aliphatic carbocycles. The highest BCUT2D eigenvalue weighted by atomic mass is 35.5. The second-order valence-electron chi connectivity index (χ2n) is 6.32. The van der Waals surface area contributed by atoms with Crippen molar-refractivity contribution in [1.82, 2.24) is 9.78 Å². The molecule has 0 fully saturated rings. The van der Waals surface area contributed by atoms with E-state index in [-0.39, 0.29) is 11.8 Å². The summed E-state index contributed by atoms with van der Waals surface area (Å²) in [6.45, 7) is 1.95. The van der Waals surface area contributed by atoms with E-state index in [0.717, 1.165) is 28.2 Å². The Labute approximate surface area is 161 Å². The molecule has 1 aromatic heterocycles. The molecule has 132 valence electrons. The summed E-state index contributed by atoms with van der Waals surface area (Å²) in [5.41, 5.74) is 3.96. The highest BCUT2D eigenvalue weighted by molar-refractivity contribution is 7.98. The maximum atomic E-state index is 12.4. The summed E-state index contributed by atoms with van der Waals surface area (Å²) in [7, 11) is 0. The normalized spacial score (nSPS) is 16.3. The van der Waals surface area contributed by atoms with E-state index in [1.807, 2.05) is 31.3 Å². The van der Waals surface area contributed by atoms with Gasteiger partial charge in [-0.05, 0) is 48.6 Å². The van der Waals surface area contributed by atoms with Crippen LogP contribution in [-0.2, 0) is 4.79 Å². The van der Waals surface area contributed by atoms with Crippen molar-refractivity contribution >= 4 is 35.1 Å². The van der Waals surface area contributed by atoms with E-state index in [4.69, 9.17) is 11.6 Å². The molecule has 3 aromatic rings. The lowest BCUT2D eigenvalue weighted by atomic mass is 9.87. The molecule has 0 bridgehead atoms. The van der Waals surface area contributed by atoms with Crippen LogP contribution in [0.15, 0.2) is 53.6 Å². The third kappa shape index (κ3) is 2.91. The first kappa shape index (κ1) is 17.2. The molecule has 4 nitrogen and oxygen atoms in total. The summed E-state index contributed by atoms with van der Waals surface area (Å²) >= 11 is 7.97. The molecular formula is C20H18ClN3OS. The number of carbonyl (C=O) groups excluding carboxylic acids is 1. The first-order valence-electron chi connectivity index (χ1n) is 8.35. The summed E-state index contributed by atoms with van der Waals surface area (Å²) in [5, 5.41) is 8.22. The van der Waals surface area contributed by atoms with Crippen molar-refractivity contribution < 1.29 is 4.79 Å². The molecule has 0 spiro atoms. The first-order valence-corrected chi connectivity index (χ1v) is 9.96. The molecule has 2 aromatic carbocycles. The van der Waals surface area contributed by atoms with Gasteiger partial charge in [0.15, 0.2) is 0 Å². The van der Waals surface area contributed by atoms with E-state index in [0.29, 0.717) is 11.4 Å². The Morgan fingerprint density at radius 1 is 1.23 bits per heavy atom. The number of fused-ring (bicyclic) bond motifs is 1. The van der Waals surface area contributed by atoms with Crippen LogP contribution in [0.5, 0.6) is 0 Å². The number of thioether (sulfide) groups is 1. The van der Waals surface area contributed by atoms with Gasteiger partial charge in [-0.15, -0.1) is 11.8 Å². The predicted octanol–water partition coefficient (Wildman–Crippen LogP) is 5.03. The Morgan fingerprint density at radius 3 is 2.73 bits per heavy atom. The number of nitrogens with one attached hydrogen (secondary N) is 1. The van der Waals surface area contributed by atoms with Gasteiger partial charge in [0, 0.05) is 27.8 Å². The molecule has 1 atom stereocenters. The molecule has 4 rings (SSSR count).